The van der Waals surface area contributed by atoms with E-state index in [4.69, 9.17) is 30.5 Å². The molecule has 180 valence electrons. The van der Waals surface area contributed by atoms with Gasteiger partial charge < -0.3 is 18.9 Å². The van der Waals surface area contributed by atoms with E-state index in [0.717, 1.165) is 0 Å². The minimum Gasteiger partial charge on any atom is -0.496 e. The molecule has 0 bridgehead atoms. The molecule has 0 saturated heterocycles. The van der Waals surface area contributed by atoms with Gasteiger partial charge in [0.05, 0.1) is 34.5 Å². The molecule has 0 spiro atoms. The highest BCUT2D eigenvalue weighted by molar-refractivity contribution is 7.07. The van der Waals surface area contributed by atoms with Crippen LogP contribution in [-0.4, -0.2) is 31.0 Å². The standard InChI is InChI=1S/C25H21ClN2O6S/c1-4-32-24(30)21-13(2)27-25-28(22(21)15-7-5-6-8-17(15)31-3)23(29)20(35-25)10-14-9-18-19(11-16(14)26)34-12-33-18/h5-11,22H,4,12H2,1-3H3. The number of ether oxygens (including phenoxy) is 4. The third-order valence-corrected chi connectivity index (χ3v) is 7.04. The van der Waals surface area contributed by atoms with Gasteiger partial charge in [-0.1, -0.05) is 41.1 Å². The number of fused-ring (bicyclic) bond motifs is 2. The van der Waals surface area contributed by atoms with E-state index in [1.807, 2.05) is 18.2 Å². The molecule has 1 aromatic heterocycles. The predicted molar refractivity (Wildman–Crippen MR) is 131 cm³/mol. The highest BCUT2D eigenvalue weighted by Crippen LogP contribution is 2.37. The molecule has 0 amide bonds. The number of aromatic nitrogens is 1. The summed E-state index contributed by atoms with van der Waals surface area (Å²) in [6.45, 7) is 3.78. The van der Waals surface area contributed by atoms with Crippen molar-refractivity contribution in [2.45, 2.75) is 19.9 Å². The fraction of sp³-hybridized carbons (Fsp3) is 0.240. The Bertz CT molecular complexity index is 1550. The van der Waals surface area contributed by atoms with Gasteiger partial charge in [-0.3, -0.25) is 9.36 Å². The van der Waals surface area contributed by atoms with Crippen molar-refractivity contribution in [2.24, 2.45) is 4.99 Å². The van der Waals surface area contributed by atoms with E-state index in [0.29, 0.717) is 48.4 Å². The lowest BCUT2D eigenvalue weighted by atomic mass is 9.95. The molecule has 2 aromatic carbocycles. The van der Waals surface area contributed by atoms with Crippen LogP contribution in [0.1, 0.15) is 31.0 Å². The van der Waals surface area contributed by atoms with Crippen LogP contribution in [0, 0.1) is 0 Å². The lowest BCUT2D eigenvalue weighted by Crippen LogP contribution is -2.40. The van der Waals surface area contributed by atoms with Crippen LogP contribution < -0.4 is 29.1 Å². The molecule has 0 fully saturated rings. The number of carbonyl (C=O) groups is 1. The number of para-hydroxylation sites is 1. The van der Waals surface area contributed by atoms with Crippen molar-refractivity contribution in [1.82, 2.24) is 4.57 Å². The Balaban J connectivity index is 1.74. The minimum absolute atomic E-state index is 0.117. The first kappa shape index (κ1) is 23.2. The van der Waals surface area contributed by atoms with E-state index in [2.05, 4.69) is 4.99 Å². The normalized spacial score (nSPS) is 16.7. The van der Waals surface area contributed by atoms with E-state index >= 15 is 0 Å². The number of carbonyl (C=O) groups excluding carboxylic acids is 1. The van der Waals surface area contributed by atoms with Gasteiger partial charge in [-0.05, 0) is 37.6 Å². The average molecular weight is 513 g/mol. The molecule has 5 rings (SSSR count). The van der Waals surface area contributed by atoms with Crippen molar-refractivity contribution >= 4 is 35.0 Å². The van der Waals surface area contributed by atoms with E-state index < -0.39 is 12.0 Å². The van der Waals surface area contributed by atoms with Gasteiger partial charge in [-0.15, -0.1) is 0 Å². The molecule has 35 heavy (non-hydrogen) atoms. The Kier molecular flexibility index (Phi) is 6.12. The molecule has 0 N–H and O–H groups in total. The smallest absolute Gasteiger partial charge is 0.338 e. The van der Waals surface area contributed by atoms with Crippen molar-refractivity contribution in [3.63, 3.8) is 0 Å². The molecule has 2 aliphatic rings. The van der Waals surface area contributed by atoms with Gasteiger partial charge in [0.1, 0.15) is 11.8 Å². The number of nitrogens with zero attached hydrogens (tertiary/aromatic N) is 2. The lowest BCUT2D eigenvalue weighted by Gasteiger charge is -2.25. The van der Waals surface area contributed by atoms with Crippen molar-refractivity contribution in [3.05, 3.63) is 83.5 Å². The second-order valence-electron chi connectivity index (χ2n) is 7.77. The zero-order chi connectivity index (χ0) is 24.7. The lowest BCUT2D eigenvalue weighted by molar-refractivity contribution is -0.139. The largest absolute Gasteiger partial charge is 0.496 e. The first-order valence-corrected chi connectivity index (χ1v) is 12.0. The van der Waals surface area contributed by atoms with Gasteiger partial charge in [0.25, 0.3) is 5.56 Å². The first-order valence-electron chi connectivity index (χ1n) is 10.8. The number of allylic oxidation sites excluding steroid dienone is 1. The number of hydrogen-bond acceptors (Lipinski definition) is 8. The molecule has 10 heteroatoms. The summed E-state index contributed by atoms with van der Waals surface area (Å²) in [7, 11) is 1.55. The number of halogens is 1. The van der Waals surface area contributed by atoms with Crippen molar-refractivity contribution < 1.29 is 23.7 Å². The third-order valence-electron chi connectivity index (χ3n) is 5.73. The summed E-state index contributed by atoms with van der Waals surface area (Å²) in [4.78, 5) is 31.8. The quantitative estimate of drug-likeness (QED) is 0.488. The van der Waals surface area contributed by atoms with Gasteiger partial charge >= 0.3 is 5.97 Å². The zero-order valence-corrected chi connectivity index (χ0v) is 20.7. The predicted octanol–water partition coefficient (Wildman–Crippen LogP) is 3.19. The van der Waals surface area contributed by atoms with Crippen LogP contribution in [0.2, 0.25) is 5.02 Å². The number of hydrogen-bond donors (Lipinski definition) is 0. The topological polar surface area (TPSA) is 88.4 Å². The van der Waals surface area contributed by atoms with Crippen LogP contribution in [0.25, 0.3) is 6.08 Å². The molecule has 2 aliphatic heterocycles. The summed E-state index contributed by atoms with van der Waals surface area (Å²) in [5, 5.41) is 0.421. The maximum absolute atomic E-state index is 13.7. The maximum atomic E-state index is 13.7. The van der Waals surface area contributed by atoms with Gasteiger partial charge in [0.2, 0.25) is 6.79 Å². The van der Waals surface area contributed by atoms with Crippen LogP contribution in [-0.2, 0) is 9.53 Å². The minimum atomic E-state index is -0.768. The Morgan fingerprint density at radius 1 is 1.29 bits per heavy atom. The number of benzene rings is 2. The summed E-state index contributed by atoms with van der Waals surface area (Å²) in [5.41, 5.74) is 1.72. The summed E-state index contributed by atoms with van der Waals surface area (Å²) in [5.74, 6) is 1.13. The van der Waals surface area contributed by atoms with Crippen LogP contribution in [0.3, 0.4) is 0 Å². The molecule has 0 radical (unpaired) electrons. The van der Waals surface area contributed by atoms with Gasteiger partial charge in [-0.2, -0.15) is 0 Å². The van der Waals surface area contributed by atoms with E-state index in [1.54, 1.807) is 45.2 Å². The maximum Gasteiger partial charge on any atom is 0.338 e. The Morgan fingerprint density at radius 2 is 2.03 bits per heavy atom. The third kappa shape index (κ3) is 4.00. The summed E-state index contributed by atoms with van der Waals surface area (Å²) in [6, 6.07) is 9.90. The Morgan fingerprint density at radius 3 is 2.77 bits per heavy atom. The van der Waals surface area contributed by atoms with E-state index in [9.17, 15) is 9.59 Å². The monoisotopic (exact) mass is 512 g/mol. The van der Waals surface area contributed by atoms with Crippen LogP contribution in [0.5, 0.6) is 17.2 Å². The first-order chi connectivity index (χ1) is 16.9. The van der Waals surface area contributed by atoms with Crippen molar-refractivity contribution in [2.75, 3.05) is 20.5 Å². The van der Waals surface area contributed by atoms with Crippen molar-refractivity contribution in [3.8, 4) is 17.2 Å². The number of rotatable bonds is 5. The molecule has 0 saturated carbocycles. The Hall–Kier alpha value is -3.56. The molecule has 3 heterocycles. The molecule has 3 aromatic rings. The van der Waals surface area contributed by atoms with E-state index in [-0.39, 0.29) is 24.5 Å². The van der Waals surface area contributed by atoms with Crippen LogP contribution in [0.4, 0.5) is 0 Å². The summed E-state index contributed by atoms with van der Waals surface area (Å²) in [6.07, 6.45) is 1.69. The van der Waals surface area contributed by atoms with Gasteiger partial charge in [0, 0.05) is 11.6 Å². The Labute approximate surface area is 209 Å². The molecular formula is C25H21ClN2O6S. The molecule has 0 aliphatic carbocycles. The number of thiazole rings is 1. The fourth-order valence-corrected chi connectivity index (χ4v) is 5.41. The highest BCUT2D eigenvalue weighted by atomic mass is 35.5. The molecular weight excluding hydrogens is 492 g/mol. The SMILES string of the molecule is CCOC(=O)C1=C(C)N=c2sc(=Cc3cc4c(cc3Cl)OCO4)c(=O)n2C1c1ccccc1OC. The molecule has 1 unspecified atom stereocenters. The average Bonchev–Trinajstić information content (AvgIpc) is 3.42. The second-order valence-corrected chi connectivity index (χ2v) is 9.19. The highest BCUT2D eigenvalue weighted by Gasteiger charge is 2.35. The summed E-state index contributed by atoms with van der Waals surface area (Å²) >= 11 is 7.66. The van der Waals surface area contributed by atoms with Crippen LogP contribution >= 0.6 is 22.9 Å². The number of esters is 1. The van der Waals surface area contributed by atoms with Crippen molar-refractivity contribution in [1.29, 1.82) is 0 Å². The zero-order valence-electron chi connectivity index (χ0n) is 19.2. The second kappa shape index (κ2) is 9.24. The summed E-state index contributed by atoms with van der Waals surface area (Å²) < 4.78 is 23.6. The van der Waals surface area contributed by atoms with E-state index in [1.165, 1.54) is 15.9 Å². The number of methoxy groups -OCH3 is 1. The van der Waals surface area contributed by atoms with Gasteiger partial charge in [-0.25, -0.2) is 9.79 Å². The van der Waals surface area contributed by atoms with Crippen LogP contribution in [0.15, 0.2) is 57.5 Å². The fourth-order valence-electron chi connectivity index (χ4n) is 4.16. The molecule has 8 nitrogen and oxygen atoms in total. The molecule has 1 atom stereocenters. The van der Waals surface area contributed by atoms with Gasteiger partial charge in [0.15, 0.2) is 16.3 Å².